The number of anilines is 1. The van der Waals surface area contributed by atoms with Crippen molar-refractivity contribution in [2.45, 2.75) is 45.7 Å². The van der Waals surface area contributed by atoms with Crippen LogP contribution in [0.3, 0.4) is 0 Å². The molecule has 2 heterocycles. The van der Waals surface area contributed by atoms with Crippen LogP contribution in [0, 0.1) is 0 Å². The van der Waals surface area contributed by atoms with Crippen LogP contribution in [-0.2, 0) is 10.2 Å². The van der Waals surface area contributed by atoms with Gasteiger partial charge in [-0.05, 0) is 6.42 Å². The van der Waals surface area contributed by atoms with Gasteiger partial charge in [-0.15, -0.1) is 0 Å². The number of aromatic nitrogens is 1. The Morgan fingerprint density at radius 2 is 2.30 bits per heavy atom. The fourth-order valence-electron chi connectivity index (χ4n) is 2.25. The van der Waals surface area contributed by atoms with Gasteiger partial charge in [-0.1, -0.05) is 32.9 Å². The first-order valence-electron chi connectivity index (χ1n) is 6.90. The summed E-state index contributed by atoms with van der Waals surface area (Å²) >= 11 is 0. The standard InChI is InChI=1S/C14H22N4O2/c1-5-13(17-7-6-15-9-17)18(10-19)12-8-11(20-16-12)14(2,3)4/h6,8,10,13H,5,7,9H2,1-4H3. The minimum atomic E-state index is -0.127. The Labute approximate surface area is 119 Å². The Morgan fingerprint density at radius 3 is 2.75 bits per heavy atom. The van der Waals surface area contributed by atoms with Crippen molar-refractivity contribution in [1.82, 2.24) is 10.1 Å². The topological polar surface area (TPSA) is 61.9 Å². The second-order valence-corrected chi connectivity index (χ2v) is 5.98. The van der Waals surface area contributed by atoms with Gasteiger partial charge in [0.15, 0.2) is 5.82 Å². The number of carbonyl (C=O) groups excluding carboxylic acids is 1. The largest absolute Gasteiger partial charge is 0.359 e. The highest BCUT2D eigenvalue weighted by atomic mass is 16.5. The van der Waals surface area contributed by atoms with Gasteiger partial charge in [0.25, 0.3) is 0 Å². The first-order valence-corrected chi connectivity index (χ1v) is 6.90. The molecule has 0 bridgehead atoms. The molecule has 2 rings (SSSR count). The highest BCUT2D eigenvalue weighted by molar-refractivity contribution is 5.74. The van der Waals surface area contributed by atoms with Gasteiger partial charge < -0.3 is 4.52 Å². The van der Waals surface area contributed by atoms with Crippen molar-refractivity contribution in [2.75, 3.05) is 18.1 Å². The summed E-state index contributed by atoms with van der Waals surface area (Å²) in [7, 11) is 0. The predicted molar refractivity (Wildman–Crippen MR) is 77.9 cm³/mol. The summed E-state index contributed by atoms with van der Waals surface area (Å²) in [4.78, 5) is 19.4. The highest BCUT2D eigenvalue weighted by Crippen LogP contribution is 2.27. The van der Waals surface area contributed by atoms with Crippen LogP contribution in [0.1, 0.15) is 39.9 Å². The molecule has 0 aliphatic carbocycles. The molecule has 6 heteroatoms. The smallest absolute Gasteiger partial charge is 0.216 e. The van der Waals surface area contributed by atoms with Gasteiger partial charge in [0.2, 0.25) is 6.41 Å². The van der Waals surface area contributed by atoms with Gasteiger partial charge in [0, 0.05) is 24.2 Å². The summed E-state index contributed by atoms with van der Waals surface area (Å²) in [5.41, 5.74) is -0.127. The first kappa shape index (κ1) is 14.7. The Bertz CT molecular complexity index is 482. The number of carbonyl (C=O) groups is 1. The van der Waals surface area contributed by atoms with E-state index in [2.05, 4.69) is 15.0 Å². The van der Waals surface area contributed by atoms with Gasteiger partial charge in [0.05, 0.1) is 12.8 Å². The summed E-state index contributed by atoms with van der Waals surface area (Å²) in [6, 6.07) is 1.84. The summed E-state index contributed by atoms with van der Waals surface area (Å²) in [6.07, 6.45) is 3.44. The van der Waals surface area contributed by atoms with Crippen molar-refractivity contribution in [1.29, 1.82) is 0 Å². The zero-order valence-corrected chi connectivity index (χ0v) is 12.5. The van der Waals surface area contributed by atoms with E-state index in [1.165, 1.54) is 0 Å². The third kappa shape index (κ3) is 2.90. The van der Waals surface area contributed by atoms with Crippen LogP contribution in [0.25, 0.3) is 0 Å². The maximum atomic E-state index is 11.5. The fourth-order valence-corrected chi connectivity index (χ4v) is 2.25. The lowest BCUT2D eigenvalue weighted by Crippen LogP contribution is -2.47. The molecule has 20 heavy (non-hydrogen) atoms. The molecule has 0 fully saturated rings. The quantitative estimate of drug-likeness (QED) is 0.773. The van der Waals surface area contributed by atoms with E-state index in [1.807, 2.05) is 40.0 Å². The maximum absolute atomic E-state index is 11.5. The van der Waals surface area contributed by atoms with E-state index in [0.717, 1.165) is 25.1 Å². The Kier molecular flexibility index (Phi) is 4.23. The zero-order chi connectivity index (χ0) is 14.8. The molecule has 0 saturated heterocycles. The molecule has 0 radical (unpaired) electrons. The summed E-state index contributed by atoms with van der Waals surface area (Å²) in [5, 5.41) is 4.05. The van der Waals surface area contributed by atoms with Crippen LogP contribution < -0.4 is 4.90 Å². The van der Waals surface area contributed by atoms with Crippen molar-refractivity contribution in [3.63, 3.8) is 0 Å². The average Bonchev–Trinajstić information content (AvgIpc) is 3.05. The number of nitrogens with zero attached hydrogens (tertiary/aromatic N) is 4. The fraction of sp³-hybridized carbons (Fsp3) is 0.643. The number of aliphatic imine (C=N–C) groups is 1. The molecule has 1 atom stereocenters. The van der Waals surface area contributed by atoms with Gasteiger partial charge in [-0.3, -0.25) is 19.6 Å². The molecule has 1 unspecified atom stereocenters. The monoisotopic (exact) mass is 278 g/mol. The van der Waals surface area contributed by atoms with E-state index in [9.17, 15) is 4.79 Å². The van der Waals surface area contributed by atoms with Crippen molar-refractivity contribution in [3.05, 3.63) is 11.8 Å². The van der Waals surface area contributed by atoms with Crippen LogP contribution >= 0.6 is 0 Å². The molecular formula is C14H22N4O2. The van der Waals surface area contributed by atoms with Crippen molar-refractivity contribution in [2.24, 2.45) is 4.99 Å². The van der Waals surface area contributed by atoms with Crippen LogP contribution in [0.5, 0.6) is 0 Å². The second kappa shape index (κ2) is 5.75. The van der Waals surface area contributed by atoms with Gasteiger partial charge >= 0.3 is 0 Å². The molecule has 0 spiro atoms. The van der Waals surface area contributed by atoms with Crippen LogP contribution in [-0.4, -0.2) is 42.1 Å². The third-order valence-electron chi connectivity index (χ3n) is 3.43. The molecule has 1 aliphatic heterocycles. The van der Waals surface area contributed by atoms with Crippen molar-refractivity contribution >= 4 is 18.4 Å². The number of rotatable bonds is 5. The van der Waals surface area contributed by atoms with E-state index in [-0.39, 0.29) is 11.6 Å². The molecule has 0 aromatic carbocycles. The van der Waals surface area contributed by atoms with Crippen LogP contribution in [0.15, 0.2) is 15.6 Å². The molecule has 1 aromatic heterocycles. The normalized spacial score (nSPS) is 17.4. The van der Waals surface area contributed by atoms with E-state index in [4.69, 9.17) is 4.52 Å². The molecule has 6 nitrogen and oxygen atoms in total. The van der Waals surface area contributed by atoms with Crippen molar-refractivity contribution < 1.29 is 9.32 Å². The lowest BCUT2D eigenvalue weighted by molar-refractivity contribution is -0.108. The molecular weight excluding hydrogens is 256 g/mol. The summed E-state index contributed by atoms with van der Waals surface area (Å²) < 4.78 is 5.37. The van der Waals surface area contributed by atoms with Gasteiger partial charge in [-0.2, -0.15) is 0 Å². The predicted octanol–water partition coefficient (Wildman–Crippen LogP) is 2.01. The molecule has 1 aliphatic rings. The summed E-state index contributed by atoms with van der Waals surface area (Å²) in [6.45, 7) is 9.57. The van der Waals surface area contributed by atoms with Crippen LogP contribution in [0.4, 0.5) is 5.82 Å². The Balaban J connectivity index is 2.22. The molecule has 1 aromatic rings. The lowest BCUT2D eigenvalue weighted by atomic mass is 9.93. The zero-order valence-electron chi connectivity index (χ0n) is 12.5. The van der Waals surface area contributed by atoms with Crippen molar-refractivity contribution in [3.8, 4) is 0 Å². The lowest BCUT2D eigenvalue weighted by Gasteiger charge is -2.32. The van der Waals surface area contributed by atoms with E-state index < -0.39 is 0 Å². The summed E-state index contributed by atoms with van der Waals surface area (Å²) in [5.74, 6) is 1.33. The second-order valence-electron chi connectivity index (χ2n) is 5.98. The van der Waals surface area contributed by atoms with Crippen LogP contribution in [0.2, 0.25) is 0 Å². The number of amides is 1. The average molecular weight is 278 g/mol. The number of hydrogen-bond acceptors (Lipinski definition) is 5. The maximum Gasteiger partial charge on any atom is 0.216 e. The minimum absolute atomic E-state index is 0.0482. The van der Waals surface area contributed by atoms with Gasteiger partial charge in [0.1, 0.15) is 5.76 Å². The Hall–Kier alpha value is -1.69. The SMILES string of the molecule is CCC(N1CC=NC1)N(C=O)c1cc(C(C)(C)C)on1. The third-order valence-corrected chi connectivity index (χ3v) is 3.43. The first-order chi connectivity index (χ1) is 9.47. The molecule has 0 N–H and O–H groups in total. The van der Waals surface area contributed by atoms with Gasteiger partial charge in [-0.25, -0.2) is 0 Å². The molecule has 1 amide bonds. The molecule has 0 saturated carbocycles. The van der Waals surface area contributed by atoms with E-state index in [0.29, 0.717) is 12.5 Å². The van der Waals surface area contributed by atoms with E-state index in [1.54, 1.807) is 4.90 Å². The molecule has 110 valence electrons. The Morgan fingerprint density at radius 1 is 1.55 bits per heavy atom. The highest BCUT2D eigenvalue weighted by Gasteiger charge is 2.28. The minimum Gasteiger partial charge on any atom is -0.359 e. The van der Waals surface area contributed by atoms with E-state index >= 15 is 0 Å². The number of hydrogen-bond donors (Lipinski definition) is 0.